The van der Waals surface area contributed by atoms with Gasteiger partial charge in [-0.2, -0.15) is 0 Å². The van der Waals surface area contributed by atoms with Crippen molar-refractivity contribution in [3.63, 3.8) is 0 Å². The Morgan fingerprint density at radius 2 is 0.719 bits per heavy atom. The Bertz CT molecular complexity index is 3530. The van der Waals surface area contributed by atoms with E-state index in [-0.39, 0.29) is 0 Å². The smallest absolute Gasteiger partial charge is 0.140 e. The van der Waals surface area contributed by atoms with Gasteiger partial charge in [-0.05, 0) is 114 Å². The Balaban J connectivity index is 1.13. The third-order valence-corrected chi connectivity index (χ3v) is 13.0. The highest BCUT2D eigenvalue weighted by atomic mass is 15.1. The fraction of sp³-hybridized carbons (Fsp3) is 0.0333. The van der Waals surface area contributed by atoms with Crippen LogP contribution in [0.2, 0.25) is 0 Å². The van der Waals surface area contributed by atoms with E-state index in [1.54, 1.807) is 0 Å². The number of hydrogen-bond donors (Lipinski definition) is 0. The van der Waals surface area contributed by atoms with Crippen LogP contribution in [0.25, 0.3) is 122 Å². The second kappa shape index (κ2) is 15.2. The van der Waals surface area contributed by atoms with E-state index in [9.17, 15) is 0 Å². The van der Waals surface area contributed by atoms with Gasteiger partial charge in [0.05, 0.1) is 22.1 Å². The molecule has 10 aromatic carbocycles. The van der Waals surface area contributed by atoms with Crippen molar-refractivity contribution >= 4 is 43.6 Å². The van der Waals surface area contributed by atoms with Gasteiger partial charge in [0.25, 0.3) is 0 Å². The van der Waals surface area contributed by atoms with Gasteiger partial charge in [-0.25, -0.2) is 9.97 Å². The Morgan fingerprint density at radius 3 is 1.20 bits per heavy atom. The largest absolute Gasteiger partial charge is 0.327 e. The van der Waals surface area contributed by atoms with Crippen molar-refractivity contribution in [1.82, 2.24) is 19.1 Å². The number of aryl methyl sites for hydroxylation is 2. The topological polar surface area (TPSA) is 35.6 Å². The summed E-state index contributed by atoms with van der Waals surface area (Å²) in [5.74, 6) is 1.91. The van der Waals surface area contributed by atoms with Crippen molar-refractivity contribution in [3.05, 3.63) is 218 Å². The van der Waals surface area contributed by atoms with Crippen molar-refractivity contribution in [2.45, 2.75) is 0 Å². The normalized spacial score (nSPS) is 11.6. The standard InChI is InChI=1S/C60H42N4/c1-63-56-36-44(30-33-54(56)61-59(63)41-21-11-5-12-22-41)46-25-15-27-48-52(46)38-53-47(45-31-34-55-57(37-45)64(2)60(62-55)42-23-13-6-14-24-42)26-16-28-49(53)58(48)50-32-29-43(39-17-7-3-8-18-39)35-51(50)40-19-9-4-10-20-40/h3-38H,1-2H3. The molecule has 0 aliphatic carbocycles. The molecule has 2 heterocycles. The van der Waals surface area contributed by atoms with Crippen molar-refractivity contribution in [3.8, 4) is 78.4 Å². The summed E-state index contributed by atoms with van der Waals surface area (Å²) in [4.78, 5) is 10.2. The molecule has 0 spiro atoms. The highest BCUT2D eigenvalue weighted by molar-refractivity contribution is 6.20. The number of fused-ring (bicyclic) bond motifs is 4. The molecule has 12 rings (SSSR count). The van der Waals surface area contributed by atoms with E-state index in [0.29, 0.717) is 0 Å². The lowest BCUT2D eigenvalue weighted by Crippen LogP contribution is -1.94. The zero-order valence-corrected chi connectivity index (χ0v) is 35.6. The van der Waals surface area contributed by atoms with Gasteiger partial charge in [0.1, 0.15) is 11.6 Å². The summed E-state index contributed by atoms with van der Waals surface area (Å²) in [7, 11) is 4.24. The van der Waals surface area contributed by atoms with Crippen LogP contribution in [0.1, 0.15) is 0 Å². The van der Waals surface area contributed by atoms with Crippen LogP contribution in [-0.4, -0.2) is 19.1 Å². The SMILES string of the molecule is Cn1c(-c2ccccc2)nc2ccc(-c3cccc4c(-c5ccc(-c6ccccc6)cc5-c5ccccc5)c5cccc(-c6ccc7nc(-c8ccccc8)n(C)c7c6)c5cc34)cc21. The van der Waals surface area contributed by atoms with Crippen molar-refractivity contribution < 1.29 is 0 Å². The van der Waals surface area contributed by atoms with Crippen LogP contribution in [0.4, 0.5) is 0 Å². The molecule has 2 aromatic heterocycles. The Labute approximate surface area is 372 Å². The molecule has 0 aliphatic rings. The Morgan fingerprint density at radius 1 is 0.281 bits per heavy atom. The average Bonchev–Trinajstić information content (AvgIpc) is 3.88. The highest BCUT2D eigenvalue weighted by Crippen LogP contribution is 2.47. The minimum absolute atomic E-state index is 0.956. The summed E-state index contributed by atoms with van der Waals surface area (Å²) in [5, 5.41) is 4.80. The molecule has 0 bridgehead atoms. The first-order chi connectivity index (χ1) is 31.6. The molecule has 0 N–H and O–H groups in total. The molecule has 0 fully saturated rings. The van der Waals surface area contributed by atoms with Gasteiger partial charge >= 0.3 is 0 Å². The molecular formula is C60H42N4. The maximum atomic E-state index is 5.09. The maximum Gasteiger partial charge on any atom is 0.140 e. The van der Waals surface area contributed by atoms with Crippen molar-refractivity contribution in [2.24, 2.45) is 14.1 Å². The van der Waals surface area contributed by atoms with Gasteiger partial charge in [-0.1, -0.05) is 182 Å². The molecule has 12 aromatic rings. The molecule has 0 unspecified atom stereocenters. The minimum atomic E-state index is 0.956. The number of imidazole rings is 2. The number of benzene rings is 10. The van der Waals surface area contributed by atoms with Crippen LogP contribution < -0.4 is 0 Å². The second-order valence-electron chi connectivity index (χ2n) is 16.7. The first-order valence-electron chi connectivity index (χ1n) is 21.9. The van der Waals surface area contributed by atoms with Gasteiger partial charge in [-0.15, -0.1) is 0 Å². The van der Waals surface area contributed by atoms with Crippen LogP contribution in [0.5, 0.6) is 0 Å². The molecule has 0 aliphatic heterocycles. The number of aromatic nitrogens is 4. The lowest BCUT2D eigenvalue weighted by atomic mass is 9.83. The summed E-state index contributed by atoms with van der Waals surface area (Å²) >= 11 is 0. The zero-order valence-electron chi connectivity index (χ0n) is 35.6. The molecule has 0 atom stereocenters. The molecule has 302 valence electrons. The van der Waals surface area contributed by atoms with Crippen molar-refractivity contribution in [2.75, 3.05) is 0 Å². The Hall–Kier alpha value is -8.34. The molecule has 0 radical (unpaired) electrons. The number of nitrogens with zero attached hydrogens (tertiary/aromatic N) is 4. The van der Waals surface area contributed by atoms with Crippen LogP contribution in [0.3, 0.4) is 0 Å². The molecule has 0 saturated carbocycles. The van der Waals surface area contributed by atoms with Crippen molar-refractivity contribution in [1.29, 1.82) is 0 Å². The summed E-state index contributed by atoms with van der Waals surface area (Å²) in [6.45, 7) is 0. The van der Waals surface area contributed by atoms with Gasteiger partial charge in [0.2, 0.25) is 0 Å². The third-order valence-electron chi connectivity index (χ3n) is 13.0. The average molecular weight is 819 g/mol. The van der Waals surface area contributed by atoms with E-state index in [2.05, 4.69) is 229 Å². The van der Waals surface area contributed by atoms with Crippen LogP contribution >= 0.6 is 0 Å². The summed E-state index contributed by atoms with van der Waals surface area (Å²) in [5.41, 5.74) is 18.2. The number of hydrogen-bond acceptors (Lipinski definition) is 2. The summed E-state index contributed by atoms with van der Waals surface area (Å²) in [6.07, 6.45) is 0. The fourth-order valence-electron chi connectivity index (χ4n) is 9.79. The van der Waals surface area contributed by atoms with Gasteiger partial charge in [0, 0.05) is 25.2 Å². The fourth-order valence-corrected chi connectivity index (χ4v) is 9.79. The highest BCUT2D eigenvalue weighted by Gasteiger charge is 2.21. The van der Waals surface area contributed by atoms with Gasteiger partial charge in [-0.3, -0.25) is 0 Å². The molecule has 64 heavy (non-hydrogen) atoms. The van der Waals surface area contributed by atoms with Crippen LogP contribution in [0, 0.1) is 0 Å². The van der Waals surface area contributed by atoms with Crippen LogP contribution in [0.15, 0.2) is 218 Å². The van der Waals surface area contributed by atoms with E-state index in [1.807, 2.05) is 12.1 Å². The van der Waals surface area contributed by atoms with E-state index >= 15 is 0 Å². The predicted octanol–water partition coefficient (Wildman–Crippen LogP) is 15.4. The first-order valence-corrected chi connectivity index (χ1v) is 21.9. The third kappa shape index (κ3) is 6.22. The van der Waals surface area contributed by atoms with Gasteiger partial charge < -0.3 is 9.13 Å². The Kier molecular flexibility index (Phi) is 8.91. The minimum Gasteiger partial charge on any atom is -0.327 e. The molecule has 4 nitrogen and oxygen atoms in total. The maximum absolute atomic E-state index is 5.09. The lowest BCUT2D eigenvalue weighted by Gasteiger charge is -2.20. The molecular weight excluding hydrogens is 777 g/mol. The van der Waals surface area contributed by atoms with E-state index in [0.717, 1.165) is 56.0 Å². The monoisotopic (exact) mass is 818 g/mol. The number of rotatable bonds is 7. The van der Waals surface area contributed by atoms with E-state index in [4.69, 9.17) is 9.97 Å². The van der Waals surface area contributed by atoms with E-state index < -0.39 is 0 Å². The summed E-state index contributed by atoms with van der Waals surface area (Å²) < 4.78 is 4.44. The lowest BCUT2D eigenvalue weighted by molar-refractivity contribution is 0.959. The zero-order chi connectivity index (χ0) is 42.7. The molecule has 0 amide bonds. The van der Waals surface area contributed by atoms with Crippen LogP contribution in [-0.2, 0) is 14.1 Å². The predicted molar refractivity (Wildman–Crippen MR) is 268 cm³/mol. The van der Waals surface area contributed by atoms with Gasteiger partial charge in [0.15, 0.2) is 0 Å². The molecule has 4 heteroatoms. The second-order valence-corrected chi connectivity index (χ2v) is 16.7. The first kappa shape index (κ1) is 37.4. The quantitative estimate of drug-likeness (QED) is 0.150. The summed E-state index contributed by atoms with van der Waals surface area (Å²) in [6, 6.07) is 78.9. The molecule has 0 saturated heterocycles. The van der Waals surface area contributed by atoms with E-state index in [1.165, 1.54) is 66.1 Å².